The highest BCUT2D eigenvalue weighted by atomic mass is 15.0. The van der Waals surface area contributed by atoms with Gasteiger partial charge in [0.15, 0.2) is 0 Å². The van der Waals surface area contributed by atoms with Crippen molar-refractivity contribution in [1.29, 1.82) is 0 Å². The van der Waals surface area contributed by atoms with Crippen molar-refractivity contribution in [1.82, 2.24) is 4.98 Å². The van der Waals surface area contributed by atoms with E-state index < -0.39 is 0 Å². The smallest absolute Gasteiger partial charge is 0.126 e. The monoisotopic (exact) mass is 205 g/mol. The van der Waals surface area contributed by atoms with Gasteiger partial charge in [0.2, 0.25) is 0 Å². The second-order valence-electron chi connectivity index (χ2n) is 4.30. The number of hydrogen-bond donors (Lipinski definition) is 2. The fourth-order valence-electron chi connectivity index (χ4n) is 1.70. The van der Waals surface area contributed by atoms with Crippen LogP contribution >= 0.6 is 0 Å². The van der Waals surface area contributed by atoms with Crippen LogP contribution in [-0.4, -0.2) is 11.0 Å². The maximum absolute atomic E-state index is 6.00. The fraction of sp³-hybridized carbons (Fsp3) is 0.583. The van der Waals surface area contributed by atoms with E-state index in [0.29, 0.717) is 6.04 Å². The highest BCUT2D eigenvalue weighted by Crippen LogP contribution is 2.25. The summed E-state index contributed by atoms with van der Waals surface area (Å²) < 4.78 is 0. The van der Waals surface area contributed by atoms with Gasteiger partial charge < -0.3 is 11.1 Å². The molecule has 1 aromatic heterocycles. The molecule has 15 heavy (non-hydrogen) atoms. The van der Waals surface area contributed by atoms with Crippen LogP contribution in [0.15, 0.2) is 12.1 Å². The molecule has 1 heterocycles. The Bertz CT molecular complexity index is 345. The quantitative estimate of drug-likeness (QED) is 0.793. The topological polar surface area (TPSA) is 50.9 Å². The van der Waals surface area contributed by atoms with Gasteiger partial charge in [-0.1, -0.05) is 13.0 Å². The Morgan fingerprint density at radius 2 is 2.27 bits per heavy atom. The highest BCUT2D eigenvalue weighted by Gasteiger charge is 2.21. The molecule has 2 rings (SSSR count). The van der Waals surface area contributed by atoms with E-state index in [-0.39, 0.29) is 6.04 Å². The molecule has 1 aliphatic carbocycles. The lowest BCUT2D eigenvalue weighted by molar-refractivity contribution is 0.689. The SMILES string of the molecule is CC[C@H](N)c1ccc(NC2CC2)nc1C. The van der Waals surface area contributed by atoms with Crippen molar-refractivity contribution in [2.24, 2.45) is 5.73 Å². The average Bonchev–Trinajstić information content (AvgIpc) is 3.01. The van der Waals surface area contributed by atoms with E-state index in [9.17, 15) is 0 Å². The zero-order chi connectivity index (χ0) is 10.8. The Morgan fingerprint density at radius 3 is 2.80 bits per heavy atom. The Balaban J connectivity index is 2.13. The van der Waals surface area contributed by atoms with Gasteiger partial charge in [0, 0.05) is 17.8 Å². The van der Waals surface area contributed by atoms with Gasteiger partial charge in [-0.05, 0) is 37.8 Å². The number of rotatable bonds is 4. The van der Waals surface area contributed by atoms with Crippen LogP contribution in [0.25, 0.3) is 0 Å². The minimum Gasteiger partial charge on any atom is -0.367 e. The van der Waals surface area contributed by atoms with E-state index in [1.807, 2.05) is 13.0 Å². The van der Waals surface area contributed by atoms with E-state index in [2.05, 4.69) is 23.3 Å². The highest BCUT2D eigenvalue weighted by molar-refractivity contribution is 5.41. The summed E-state index contributed by atoms with van der Waals surface area (Å²) in [6, 6.07) is 4.91. The zero-order valence-corrected chi connectivity index (χ0v) is 9.46. The van der Waals surface area contributed by atoms with E-state index in [4.69, 9.17) is 5.73 Å². The van der Waals surface area contributed by atoms with Crippen molar-refractivity contribution in [2.75, 3.05) is 5.32 Å². The van der Waals surface area contributed by atoms with Gasteiger partial charge in [-0.2, -0.15) is 0 Å². The van der Waals surface area contributed by atoms with Gasteiger partial charge in [0.25, 0.3) is 0 Å². The number of aryl methyl sites for hydroxylation is 1. The number of hydrogen-bond acceptors (Lipinski definition) is 3. The summed E-state index contributed by atoms with van der Waals surface area (Å²) in [5.74, 6) is 0.988. The summed E-state index contributed by atoms with van der Waals surface area (Å²) in [5.41, 5.74) is 8.21. The molecule has 0 radical (unpaired) electrons. The number of aromatic nitrogens is 1. The lowest BCUT2D eigenvalue weighted by Gasteiger charge is -2.13. The first-order chi connectivity index (χ1) is 7.20. The summed E-state index contributed by atoms with van der Waals surface area (Å²) in [4.78, 5) is 4.53. The molecule has 1 fully saturated rings. The summed E-state index contributed by atoms with van der Waals surface area (Å²) in [7, 11) is 0. The number of anilines is 1. The zero-order valence-electron chi connectivity index (χ0n) is 9.46. The van der Waals surface area contributed by atoms with Gasteiger partial charge in [-0.15, -0.1) is 0 Å². The van der Waals surface area contributed by atoms with Crippen LogP contribution in [-0.2, 0) is 0 Å². The Labute approximate surface area is 91.1 Å². The lowest BCUT2D eigenvalue weighted by Crippen LogP contribution is -2.12. The molecule has 1 saturated carbocycles. The first-order valence-corrected chi connectivity index (χ1v) is 5.70. The van der Waals surface area contributed by atoms with Crippen LogP contribution in [0.1, 0.15) is 43.5 Å². The van der Waals surface area contributed by atoms with Crippen molar-refractivity contribution in [3.8, 4) is 0 Å². The van der Waals surface area contributed by atoms with Crippen LogP contribution in [0.5, 0.6) is 0 Å². The summed E-state index contributed by atoms with van der Waals surface area (Å²) in [5, 5.41) is 3.39. The van der Waals surface area contributed by atoms with E-state index in [1.165, 1.54) is 18.4 Å². The first kappa shape index (κ1) is 10.4. The summed E-state index contributed by atoms with van der Waals surface area (Å²) >= 11 is 0. The maximum Gasteiger partial charge on any atom is 0.126 e. The third-order valence-electron chi connectivity index (χ3n) is 2.90. The molecule has 0 aliphatic heterocycles. The Hall–Kier alpha value is -1.09. The average molecular weight is 205 g/mol. The van der Waals surface area contributed by atoms with E-state index in [1.54, 1.807) is 0 Å². The van der Waals surface area contributed by atoms with Crippen molar-refractivity contribution in [3.05, 3.63) is 23.4 Å². The second-order valence-corrected chi connectivity index (χ2v) is 4.30. The molecule has 0 unspecified atom stereocenters. The van der Waals surface area contributed by atoms with Crippen LogP contribution in [0, 0.1) is 6.92 Å². The fourth-order valence-corrected chi connectivity index (χ4v) is 1.70. The Morgan fingerprint density at radius 1 is 1.53 bits per heavy atom. The van der Waals surface area contributed by atoms with Crippen LogP contribution < -0.4 is 11.1 Å². The third kappa shape index (κ3) is 2.48. The molecular formula is C12H19N3. The van der Waals surface area contributed by atoms with Crippen molar-refractivity contribution < 1.29 is 0 Å². The van der Waals surface area contributed by atoms with E-state index in [0.717, 1.165) is 17.9 Å². The molecule has 1 atom stereocenters. The number of pyridine rings is 1. The van der Waals surface area contributed by atoms with Crippen molar-refractivity contribution >= 4 is 5.82 Å². The van der Waals surface area contributed by atoms with Crippen molar-refractivity contribution in [2.45, 2.75) is 45.2 Å². The minimum absolute atomic E-state index is 0.118. The predicted molar refractivity (Wildman–Crippen MR) is 62.8 cm³/mol. The van der Waals surface area contributed by atoms with Crippen LogP contribution in [0.4, 0.5) is 5.82 Å². The summed E-state index contributed by atoms with van der Waals surface area (Å²) in [6.07, 6.45) is 3.51. The molecule has 1 aromatic rings. The molecule has 1 aliphatic rings. The van der Waals surface area contributed by atoms with E-state index >= 15 is 0 Å². The van der Waals surface area contributed by atoms with Gasteiger partial charge in [0.05, 0.1) is 0 Å². The third-order valence-corrected chi connectivity index (χ3v) is 2.90. The molecular weight excluding hydrogens is 186 g/mol. The number of nitrogens with one attached hydrogen (secondary N) is 1. The van der Waals surface area contributed by atoms with Crippen molar-refractivity contribution in [3.63, 3.8) is 0 Å². The maximum atomic E-state index is 6.00. The molecule has 0 bridgehead atoms. The molecule has 0 amide bonds. The van der Waals surface area contributed by atoms with Gasteiger partial charge in [-0.3, -0.25) is 0 Å². The van der Waals surface area contributed by atoms with Gasteiger partial charge in [0.1, 0.15) is 5.82 Å². The second kappa shape index (κ2) is 4.19. The largest absolute Gasteiger partial charge is 0.367 e. The van der Waals surface area contributed by atoms with Crippen LogP contribution in [0.2, 0.25) is 0 Å². The molecule has 3 nitrogen and oxygen atoms in total. The molecule has 82 valence electrons. The minimum atomic E-state index is 0.118. The number of nitrogens with zero attached hydrogens (tertiary/aromatic N) is 1. The van der Waals surface area contributed by atoms with Gasteiger partial charge in [-0.25, -0.2) is 4.98 Å². The first-order valence-electron chi connectivity index (χ1n) is 5.70. The molecule has 3 N–H and O–H groups in total. The Kier molecular flexibility index (Phi) is 2.91. The normalized spacial score (nSPS) is 17.5. The molecule has 0 aromatic carbocycles. The standard InChI is InChI=1S/C12H19N3/c1-3-11(13)10-6-7-12(14-8(10)2)15-9-4-5-9/h6-7,9,11H,3-5,13H2,1-2H3,(H,14,15)/t11-/m0/s1. The lowest BCUT2D eigenvalue weighted by atomic mass is 10.0. The predicted octanol–water partition coefficient (Wildman–Crippen LogP) is 2.37. The summed E-state index contributed by atoms with van der Waals surface area (Å²) in [6.45, 7) is 4.13. The van der Waals surface area contributed by atoms with Gasteiger partial charge >= 0.3 is 0 Å². The van der Waals surface area contributed by atoms with Crippen LogP contribution in [0.3, 0.4) is 0 Å². The molecule has 0 saturated heterocycles. The molecule has 0 spiro atoms. The number of nitrogens with two attached hydrogens (primary N) is 1. The molecule has 3 heteroatoms.